The molecule has 0 aliphatic carbocycles. The van der Waals surface area contributed by atoms with E-state index in [1.807, 2.05) is 5.38 Å². The molecule has 0 saturated carbocycles. The quantitative estimate of drug-likeness (QED) is 0.848. The first kappa shape index (κ1) is 10.8. The molecule has 16 heavy (non-hydrogen) atoms. The van der Waals surface area contributed by atoms with Gasteiger partial charge < -0.3 is 11.1 Å². The fourth-order valence-corrected chi connectivity index (χ4v) is 2.15. The van der Waals surface area contributed by atoms with Crippen molar-refractivity contribution in [2.45, 2.75) is 19.4 Å². The Morgan fingerprint density at radius 1 is 1.44 bits per heavy atom. The molecule has 84 valence electrons. The van der Waals surface area contributed by atoms with Crippen LogP contribution < -0.4 is 11.1 Å². The van der Waals surface area contributed by atoms with Crippen LogP contribution in [0.2, 0.25) is 0 Å². The largest absolute Gasteiger partial charge is 0.368 e. The number of nitrogens with one attached hydrogen (secondary N) is 1. The summed E-state index contributed by atoms with van der Waals surface area (Å²) in [5, 5.41) is 6.31. The molecule has 2 heterocycles. The van der Waals surface area contributed by atoms with Gasteiger partial charge in [0.1, 0.15) is 10.8 Å². The van der Waals surface area contributed by atoms with Gasteiger partial charge in [-0.15, -0.1) is 11.3 Å². The molecular weight excluding hydrogens is 222 g/mol. The summed E-state index contributed by atoms with van der Waals surface area (Å²) in [6.45, 7) is 2.10. The Kier molecular flexibility index (Phi) is 3.31. The van der Waals surface area contributed by atoms with Crippen molar-refractivity contribution in [1.82, 2.24) is 15.0 Å². The third kappa shape index (κ3) is 2.46. The van der Waals surface area contributed by atoms with Crippen LogP contribution in [-0.2, 0) is 0 Å². The van der Waals surface area contributed by atoms with Crippen molar-refractivity contribution in [3.05, 3.63) is 28.8 Å². The van der Waals surface area contributed by atoms with Crippen LogP contribution in [0.15, 0.2) is 23.8 Å². The van der Waals surface area contributed by atoms with Gasteiger partial charge in [-0.3, -0.25) is 0 Å². The average Bonchev–Trinajstić information content (AvgIpc) is 2.79. The number of aromatic nitrogens is 3. The number of anilines is 2. The highest BCUT2D eigenvalue weighted by atomic mass is 32.1. The number of hydrogen-bond donors (Lipinski definition) is 2. The van der Waals surface area contributed by atoms with E-state index in [4.69, 9.17) is 5.73 Å². The van der Waals surface area contributed by atoms with Gasteiger partial charge in [0, 0.05) is 17.8 Å². The standard InChI is InChI=1S/C10H13N5S/c1-2-7(9-12-5-6-16-9)14-8-3-4-13-10(11)15-8/h3-7H,2H2,1H3,(H3,11,13,14,15). The van der Waals surface area contributed by atoms with E-state index in [1.54, 1.807) is 29.8 Å². The maximum atomic E-state index is 5.52. The molecule has 3 N–H and O–H groups in total. The van der Waals surface area contributed by atoms with Crippen LogP contribution in [0.1, 0.15) is 24.4 Å². The van der Waals surface area contributed by atoms with Gasteiger partial charge in [0.25, 0.3) is 0 Å². The first-order chi connectivity index (χ1) is 7.79. The van der Waals surface area contributed by atoms with Gasteiger partial charge in [0.15, 0.2) is 0 Å². The molecule has 1 unspecified atom stereocenters. The maximum absolute atomic E-state index is 5.52. The third-order valence-electron chi connectivity index (χ3n) is 2.15. The second kappa shape index (κ2) is 4.89. The minimum absolute atomic E-state index is 0.175. The zero-order chi connectivity index (χ0) is 11.4. The van der Waals surface area contributed by atoms with E-state index in [0.717, 1.165) is 17.2 Å². The molecule has 2 aromatic heterocycles. The second-order valence-corrected chi connectivity index (χ2v) is 4.20. The van der Waals surface area contributed by atoms with Crippen molar-refractivity contribution >= 4 is 23.1 Å². The molecule has 0 aromatic carbocycles. The van der Waals surface area contributed by atoms with Gasteiger partial charge in [-0.1, -0.05) is 6.92 Å². The Labute approximate surface area is 97.8 Å². The molecule has 0 aliphatic rings. The van der Waals surface area contributed by atoms with Crippen LogP contribution in [0, 0.1) is 0 Å². The zero-order valence-electron chi connectivity index (χ0n) is 8.92. The lowest BCUT2D eigenvalue weighted by Crippen LogP contribution is -2.11. The second-order valence-electron chi connectivity index (χ2n) is 3.28. The topological polar surface area (TPSA) is 76.7 Å². The first-order valence-electron chi connectivity index (χ1n) is 5.04. The average molecular weight is 235 g/mol. The van der Waals surface area contributed by atoms with Crippen LogP contribution in [-0.4, -0.2) is 15.0 Å². The summed E-state index contributed by atoms with van der Waals surface area (Å²) < 4.78 is 0. The summed E-state index contributed by atoms with van der Waals surface area (Å²) >= 11 is 1.63. The highest BCUT2D eigenvalue weighted by molar-refractivity contribution is 7.09. The van der Waals surface area contributed by atoms with Crippen LogP contribution in [0.5, 0.6) is 0 Å². The predicted octanol–water partition coefficient (Wildman–Crippen LogP) is 2.08. The van der Waals surface area contributed by atoms with Gasteiger partial charge in [0.05, 0.1) is 6.04 Å². The molecule has 0 spiro atoms. The summed E-state index contributed by atoms with van der Waals surface area (Å²) in [5.74, 6) is 1.01. The monoisotopic (exact) mass is 235 g/mol. The first-order valence-corrected chi connectivity index (χ1v) is 5.92. The Morgan fingerprint density at radius 3 is 2.94 bits per heavy atom. The number of nitrogen functional groups attached to an aromatic ring is 1. The Hall–Kier alpha value is -1.69. The van der Waals surface area contributed by atoms with Crippen LogP contribution >= 0.6 is 11.3 Å². The van der Waals surface area contributed by atoms with Crippen molar-refractivity contribution in [3.8, 4) is 0 Å². The fraction of sp³-hybridized carbons (Fsp3) is 0.300. The van der Waals surface area contributed by atoms with E-state index in [2.05, 4.69) is 27.2 Å². The fourth-order valence-electron chi connectivity index (χ4n) is 1.38. The molecule has 0 aliphatic heterocycles. The van der Waals surface area contributed by atoms with E-state index in [1.165, 1.54) is 0 Å². The molecule has 0 fully saturated rings. The Bertz CT molecular complexity index is 442. The van der Waals surface area contributed by atoms with Crippen LogP contribution in [0.25, 0.3) is 0 Å². The van der Waals surface area contributed by atoms with E-state index in [-0.39, 0.29) is 12.0 Å². The highest BCUT2D eigenvalue weighted by Crippen LogP contribution is 2.22. The minimum atomic E-state index is 0.175. The van der Waals surface area contributed by atoms with Gasteiger partial charge in [-0.2, -0.15) is 4.98 Å². The molecular formula is C10H13N5S. The molecule has 2 rings (SSSR count). The molecule has 0 amide bonds. The summed E-state index contributed by atoms with van der Waals surface area (Å²) in [4.78, 5) is 12.2. The van der Waals surface area contributed by atoms with Crippen molar-refractivity contribution in [2.24, 2.45) is 0 Å². The van der Waals surface area contributed by atoms with Crippen molar-refractivity contribution in [2.75, 3.05) is 11.1 Å². The van der Waals surface area contributed by atoms with E-state index in [9.17, 15) is 0 Å². The number of nitrogens with two attached hydrogens (primary N) is 1. The van der Waals surface area contributed by atoms with Crippen LogP contribution in [0.3, 0.4) is 0 Å². The Balaban J connectivity index is 2.13. The predicted molar refractivity (Wildman–Crippen MR) is 65.2 cm³/mol. The molecule has 5 nitrogen and oxygen atoms in total. The third-order valence-corrected chi connectivity index (χ3v) is 3.04. The normalized spacial score (nSPS) is 12.3. The lowest BCUT2D eigenvalue weighted by atomic mass is 10.2. The molecule has 0 saturated heterocycles. The van der Waals surface area contributed by atoms with E-state index < -0.39 is 0 Å². The number of hydrogen-bond acceptors (Lipinski definition) is 6. The summed E-state index contributed by atoms with van der Waals surface area (Å²) in [6.07, 6.45) is 4.38. The van der Waals surface area contributed by atoms with Gasteiger partial charge in [-0.25, -0.2) is 9.97 Å². The lowest BCUT2D eigenvalue weighted by molar-refractivity contribution is 0.737. The lowest BCUT2D eigenvalue weighted by Gasteiger charge is -2.14. The van der Waals surface area contributed by atoms with Gasteiger partial charge >= 0.3 is 0 Å². The summed E-state index contributed by atoms with van der Waals surface area (Å²) in [6, 6.07) is 1.97. The SMILES string of the molecule is CCC(Nc1ccnc(N)n1)c1nccs1. The number of rotatable bonds is 4. The highest BCUT2D eigenvalue weighted by Gasteiger charge is 2.12. The van der Waals surface area contributed by atoms with E-state index in [0.29, 0.717) is 0 Å². The van der Waals surface area contributed by atoms with E-state index >= 15 is 0 Å². The van der Waals surface area contributed by atoms with Crippen LogP contribution in [0.4, 0.5) is 11.8 Å². The van der Waals surface area contributed by atoms with Gasteiger partial charge in [-0.05, 0) is 12.5 Å². The summed E-state index contributed by atoms with van der Waals surface area (Å²) in [5.41, 5.74) is 5.52. The smallest absolute Gasteiger partial charge is 0.221 e. The van der Waals surface area contributed by atoms with Gasteiger partial charge in [0.2, 0.25) is 5.95 Å². The molecule has 0 radical (unpaired) electrons. The minimum Gasteiger partial charge on any atom is -0.368 e. The zero-order valence-corrected chi connectivity index (χ0v) is 9.74. The number of thiazole rings is 1. The molecule has 0 bridgehead atoms. The molecule has 2 aromatic rings. The Morgan fingerprint density at radius 2 is 2.31 bits per heavy atom. The van der Waals surface area contributed by atoms with Crippen molar-refractivity contribution in [1.29, 1.82) is 0 Å². The molecule has 6 heteroatoms. The molecule has 1 atom stereocenters. The maximum Gasteiger partial charge on any atom is 0.221 e. The number of nitrogens with zero attached hydrogens (tertiary/aromatic N) is 3. The van der Waals surface area contributed by atoms with Crippen molar-refractivity contribution < 1.29 is 0 Å². The van der Waals surface area contributed by atoms with Crippen molar-refractivity contribution in [3.63, 3.8) is 0 Å². The summed E-state index contributed by atoms with van der Waals surface area (Å²) in [7, 11) is 0.